The van der Waals surface area contributed by atoms with Crippen LogP contribution in [0.25, 0.3) is 11.1 Å². The van der Waals surface area contributed by atoms with Crippen molar-refractivity contribution in [2.45, 2.75) is 32.7 Å². The molecule has 2 aromatic heterocycles. The maximum atomic E-state index is 13.1. The summed E-state index contributed by atoms with van der Waals surface area (Å²) >= 11 is 0. The number of aryl methyl sites for hydroxylation is 1. The van der Waals surface area contributed by atoms with E-state index in [1.807, 2.05) is 54.2 Å². The number of Topliss-reactive ketones (excluding diaryl/α,β-unsaturated/α-hetero) is 1. The van der Waals surface area contributed by atoms with E-state index in [9.17, 15) is 4.79 Å². The molecule has 0 bridgehead atoms. The van der Waals surface area contributed by atoms with Gasteiger partial charge in [-0.1, -0.05) is 25.1 Å². The molecule has 30 heavy (non-hydrogen) atoms. The Kier molecular flexibility index (Phi) is 4.42. The van der Waals surface area contributed by atoms with Gasteiger partial charge in [0, 0.05) is 35.6 Å². The molecule has 1 aromatic carbocycles. The van der Waals surface area contributed by atoms with Gasteiger partial charge in [0.25, 0.3) is 0 Å². The SMILES string of the molecule is COc1ccc(-c2c(C)nn3c2NC2=C(C(=O)CC(C)C2)C3c2cccnc2)cc1. The number of pyridine rings is 1. The third-order valence-electron chi connectivity index (χ3n) is 5.96. The number of carbonyl (C=O) groups is 1. The minimum absolute atomic E-state index is 0.190. The molecule has 3 aromatic rings. The molecule has 0 saturated heterocycles. The van der Waals surface area contributed by atoms with Gasteiger partial charge in [-0.25, -0.2) is 4.68 Å². The Morgan fingerprint density at radius 1 is 1.17 bits per heavy atom. The van der Waals surface area contributed by atoms with E-state index in [-0.39, 0.29) is 11.8 Å². The van der Waals surface area contributed by atoms with Gasteiger partial charge in [-0.05, 0) is 48.6 Å². The summed E-state index contributed by atoms with van der Waals surface area (Å²) in [7, 11) is 1.66. The van der Waals surface area contributed by atoms with Crippen molar-refractivity contribution in [3.8, 4) is 16.9 Å². The summed E-state index contributed by atoms with van der Waals surface area (Å²) in [4.78, 5) is 17.4. The third-order valence-corrected chi connectivity index (χ3v) is 5.96. The number of carbonyl (C=O) groups excluding carboxylic acids is 1. The van der Waals surface area contributed by atoms with Gasteiger partial charge in [-0.15, -0.1) is 0 Å². The van der Waals surface area contributed by atoms with Crippen LogP contribution < -0.4 is 10.1 Å². The molecule has 0 saturated carbocycles. The molecule has 2 atom stereocenters. The van der Waals surface area contributed by atoms with Crippen LogP contribution in [0.15, 0.2) is 60.1 Å². The normalized spacial score (nSPS) is 20.4. The van der Waals surface area contributed by atoms with E-state index in [2.05, 4.69) is 17.2 Å². The minimum Gasteiger partial charge on any atom is -0.497 e. The molecule has 6 heteroatoms. The lowest BCUT2D eigenvalue weighted by molar-refractivity contribution is -0.117. The number of benzene rings is 1. The maximum Gasteiger partial charge on any atom is 0.163 e. The van der Waals surface area contributed by atoms with E-state index in [4.69, 9.17) is 9.84 Å². The average Bonchev–Trinajstić information content (AvgIpc) is 3.08. The number of ketones is 1. The van der Waals surface area contributed by atoms with Crippen molar-refractivity contribution in [2.75, 3.05) is 12.4 Å². The van der Waals surface area contributed by atoms with Crippen molar-refractivity contribution in [1.29, 1.82) is 0 Å². The number of anilines is 1. The lowest BCUT2D eigenvalue weighted by Crippen LogP contribution is -2.33. The molecule has 1 aliphatic heterocycles. The molecule has 2 aliphatic rings. The number of nitrogens with zero attached hydrogens (tertiary/aromatic N) is 3. The van der Waals surface area contributed by atoms with Crippen molar-refractivity contribution in [2.24, 2.45) is 5.92 Å². The topological polar surface area (TPSA) is 69.0 Å². The van der Waals surface area contributed by atoms with Crippen LogP contribution in [0.3, 0.4) is 0 Å². The Labute approximate surface area is 175 Å². The number of methoxy groups -OCH3 is 1. The number of nitrogens with one attached hydrogen (secondary N) is 1. The zero-order chi connectivity index (χ0) is 20.8. The molecule has 0 amide bonds. The predicted molar refractivity (Wildman–Crippen MR) is 115 cm³/mol. The Hall–Kier alpha value is -3.41. The van der Waals surface area contributed by atoms with Crippen LogP contribution in [-0.4, -0.2) is 27.7 Å². The van der Waals surface area contributed by atoms with E-state index in [1.165, 1.54) is 0 Å². The number of allylic oxidation sites excluding steroid dienone is 2. The van der Waals surface area contributed by atoms with E-state index in [0.717, 1.165) is 51.6 Å². The second-order valence-corrected chi connectivity index (χ2v) is 8.12. The van der Waals surface area contributed by atoms with Gasteiger partial charge in [0.05, 0.1) is 12.8 Å². The number of rotatable bonds is 3. The first-order valence-corrected chi connectivity index (χ1v) is 10.2. The summed E-state index contributed by atoms with van der Waals surface area (Å²) < 4.78 is 7.27. The fourth-order valence-electron chi connectivity index (χ4n) is 4.63. The Morgan fingerprint density at radius 3 is 2.67 bits per heavy atom. The fourth-order valence-corrected chi connectivity index (χ4v) is 4.63. The standard InChI is InChI=1S/C24H24N4O2/c1-14-11-19-22(20(29)12-14)23(17-5-4-10-25-13-17)28-24(26-19)21(15(2)27-28)16-6-8-18(30-3)9-7-16/h4-10,13-14,23,26H,11-12H2,1-3H3. The van der Waals surface area contributed by atoms with Crippen molar-refractivity contribution < 1.29 is 9.53 Å². The number of ether oxygens (including phenoxy) is 1. The zero-order valence-corrected chi connectivity index (χ0v) is 17.3. The van der Waals surface area contributed by atoms with Crippen molar-refractivity contribution >= 4 is 11.6 Å². The average molecular weight is 400 g/mol. The van der Waals surface area contributed by atoms with Crippen LogP contribution in [-0.2, 0) is 4.79 Å². The fraction of sp³-hybridized carbons (Fsp3) is 0.292. The molecule has 0 radical (unpaired) electrons. The molecule has 152 valence electrons. The van der Waals surface area contributed by atoms with E-state index < -0.39 is 0 Å². The lowest BCUT2D eigenvalue weighted by Gasteiger charge is -2.35. The smallest absolute Gasteiger partial charge is 0.163 e. The van der Waals surface area contributed by atoms with Crippen LogP contribution >= 0.6 is 0 Å². The highest BCUT2D eigenvalue weighted by Gasteiger charge is 2.39. The largest absolute Gasteiger partial charge is 0.497 e. The Morgan fingerprint density at radius 2 is 1.97 bits per heavy atom. The molecule has 5 rings (SSSR count). The molecule has 6 nitrogen and oxygen atoms in total. The molecule has 1 aliphatic carbocycles. The molecule has 0 spiro atoms. The monoisotopic (exact) mass is 400 g/mol. The number of aromatic nitrogens is 3. The van der Waals surface area contributed by atoms with Crippen molar-refractivity contribution in [3.63, 3.8) is 0 Å². The summed E-state index contributed by atoms with van der Waals surface area (Å²) in [5.41, 5.74) is 5.82. The van der Waals surface area contributed by atoms with Gasteiger partial charge >= 0.3 is 0 Å². The van der Waals surface area contributed by atoms with E-state index in [1.54, 1.807) is 13.3 Å². The van der Waals surface area contributed by atoms with Crippen LogP contribution in [0.4, 0.5) is 5.82 Å². The zero-order valence-electron chi connectivity index (χ0n) is 17.3. The van der Waals surface area contributed by atoms with Crippen LogP contribution in [0, 0.1) is 12.8 Å². The Bertz CT molecular complexity index is 1150. The van der Waals surface area contributed by atoms with Crippen LogP contribution in [0.5, 0.6) is 5.75 Å². The molecular weight excluding hydrogens is 376 g/mol. The maximum absolute atomic E-state index is 13.1. The van der Waals surface area contributed by atoms with Crippen LogP contribution in [0.2, 0.25) is 0 Å². The third kappa shape index (κ3) is 2.91. The van der Waals surface area contributed by atoms with Crippen molar-refractivity contribution in [3.05, 3.63) is 71.3 Å². The first-order chi connectivity index (χ1) is 14.6. The molecular formula is C24H24N4O2. The summed E-state index contributed by atoms with van der Waals surface area (Å²) in [6.45, 7) is 4.14. The first kappa shape index (κ1) is 18.6. The van der Waals surface area contributed by atoms with Crippen LogP contribution in [0.1, 0.15) is 37.1 Å². The van der Waals surface area contributed by atoms with Gasteiger partial charge in [0.2, 0.25) is 0 Å². The van der Waals surface area contributed by atoms with Gasteiger partial charge in [-0.2, -0.15) is 5.10 Å². The molecule has 1 N–H and O–H groups in total. The highest BCUT2D eigenvalue weighted by atomic mass is 16.5. The summed E-state index contributed by atoms with van der Waals surface area (Å²) in [6.07, 6.45) is 5.00. The minimum atomic E-state index is -0.268. The first-order valence-electron chi connectivity index (χ1n) is 10.2. The Balaban J connectivity index is 1.71. The summed E-state index contributed by atoms with van der Waals surface area (Å²) in [5, 5.41) is 8.46. The van der Waals surface area contributed by atoms with Crippen molar-refractivity contribution in [1.82, 2.24) is 14.8 Å². The van der Waals surface area contributed by atoms with E-state index in [0.29, 0.717) is 12.3 Å². The predicted octanol–water partition coefficient (Wildman–Crippen LogP) is 4.53. The second-order valence-electron chi connectivity index (χ2n) is 8.12. The molecule has 0 fully saturated rings. The summed E-state index contributed by atoms with van der Waals surface area (Å²) in [6, 6.07) is 11.7. The molecule has 3 heterocycles. The lowest BCUT2D eigenvalue weighted by atomic mass is 9.81. The number of fused-ring (bicyclic) bond motifs is 1. The summed E-state index contributed by atoms with van der Waals surface area (Å²) in [5.74, 6) is 2.25. The highest BCUT2D eigenvalue weighted by Crippen LogP contribution is 2.45. The van der Waals surface area contributed by atoms with Gasteiger partial charge in [0.15, 0.2) is 5.78 Å². The number of hydrogen-bond donors (Lipinski definition) is 1. The number of hydrogen-bond acceptors (Lipinski definition) is 5. The molecule has 2 unspecified atom stereocenters. The highest BCUT2D eigenvalue weighted by molar-refractivity contribution is 6.00. The van der Waals surface area contributed by atoms with E-state index >= 15 is 0 Å². The van der Waals surface area contributed by atoms with Gasteiger partial charge < -0.3 is 10.1 Å². The van der Waals surface area contributed by atoms with Gasteiger partial charge in [0.1, 0.15) is 17.6 Å². The quantitative estimate of drug-likeness (QED) is 0.700. The second kappa shape index (κ2) is 7.13. The van der Waals surface area contributed by atoms with Gasteiger partial charge in [-0.3, -0.25) is 9.78 Å².